The maximum absolute atomic E-state index is 12.0. The molecule has 0 radical (unpaired) electrons. The van der Waals surface area contributed by atoms with Crippen LogP contribution in [0.3, 0.4) is 0 Å². The third-order valence-corrected chi connectivity index (χ3v) is 5.68. The van der Waals surface area contributed by atoms with Crippen molar-refractivity contribution < 1.29 is 9.53 Å². The van der Waals surface area contributed by atoms with Crippen molar-refractivity contribution in [3.05, 3.63) is 28.2 Å². The van der Waals surface area contributed by atoms with Crippen LogP contribution < -0.4 is 10.2 Å². The molecular weight excluding hydrogens is 452 g/mol. The van der Waals surface area contributed by atoms with Gasteiger partial charge in [-0.1, -0.05) is 106 Å². The molecule has 0 heterocycles. The van der Waals surface area contributed by atoms with Crippen LogP contribution in [0.2, 0.25) is 0 Å². The van der Waals surface area contributed by atoms with E-state index in [1.807, 2.05) is 18.2 Å². The molecule has 0 bridgehead atoms. The van der Waals surface area contributed by atoms with Gasteiger partial charge in [-0.15, -0.1) is 6.42 Å². The molecule has 0 atom stereocenters. The molecule has 0 saturated heterocycles. The predicted octanol–water partition coefficient (Wildman–Crippen LogP) is 7.39. The van der Waals surface area contributed by atoms with Gasteiger partial charge in [0.1, 0.15) is 12.4 Å². The van der Waals surface area contributed by atoms with Gasteiger partial charge in [0.05, 0.1) is 6.21 Å². The molecule has 0 spiro atoms. The lowest BCUT2D eigenvalue weighted by Crippen LogP contribution is -2.17. The SMILES string of the molecule is C#CCOc1ccc(Br)cc1/C=N\NC(=O)CCCCCCCCCCCCCCC. The van der Waals surface area contributed by atoms with Gasteiger partial charge < -0.3 is 4.74 Å². The molecule has 1 aromatic rings. The molecule has 5 heteroatoms. The maximum Gasteiger partial charge on any atom is 0.240 e. The molecule has 0 fully saturated rings. The summed E-state index contributed by atoms with van der Waals surface area (Å²) < 4.78 is 6.39. The Balaban J connectivity index is 2.06. The van der Waals surface area contributed by atoms with Crippen molar-refractivity contribution in [1.29, 1.82) is 0 Å². The summed E-state index contributed by atoms with van der Waals surface area (Å²) >= 11 is 3.42. The van der Waals surface area contributed by atoms with Crippen LogP contribution >= 0.6 is 15.9 Å². The summed E-state index contributed by atoms with van der Waals surface area (Å²) in [7, 11) is 0. The molecule has 31 heavy (non-hydrogen) atoms. The molecule has 1 rings (SSSR count). The smallest absolute Gasteiger partial charge is 0.240 e. The zero-order valence-corrected chi connectivity index (χ0v) is 20.7. The molecule has 1 aromatic carbocycles. The Hall–Kier alpha value is -1.80. The Bertz CT molecular complexity index is 682. The number of benzene rings is 1. The second-order valence-electron chi connectivity index (χ2n) is 7.96. The molecule has 0 aliphatic rings. The van der Waals surface area contributed by atoms with E-state index in [2.05, 4.69) is 39.3 Å². The molecule has 0 saturated carbocycles. The van der Waals surface area contributed by atoms with Crippen LogP contribution in [0.25, 0.3) is 0 Å². The number of amides is 1. The number of nitrogens with zero attached hydrogens (tertiary/aromatic N) is 1. The maximum atomic E-state index is 12.0. The zero-order chi connectivity index (χ0) is 22.6. The minimum Gasteiger partial charge on any atom is -0.480 e. The third-order valence-electron chi connectivity index (χ3n) is 5.18. The third kappa shape index (κ3) is 14.8. The average Bonchev–Trinajstić information content (AvgIpc) is 2.76. The molecule has 1 amide bonds. The number of terminal acetylenes is 1. The summed E-state index contributed by atoms with van der Waals surface area (Å²) in [6, 6.07) is 5.56. The Kier molecular flexibility index (Phi) is 16.6. The Morgan fingerprint density at radius 3 is 2.19 bits per heavy atom. The number of unbranched alkanes of at least 4 members (excludes halogenated alkanes) is 12. The lowest BCUT2D eigenvalue weighted by atomic mass is 10.0. The van der Waals surface area contributed by atoms with Crippen LogP contribution in [-0.2, 0) is 4.79 Å². The normalized spacial score (nSPS) is 10.9. The van der Waals surface area contributed by atoms with Crippen molar-refractivity contribution in [3.63, 3.8) is 0 Å². The molecule has 4 nitrogen and oxygen atoms in total. The van der Waals surface area contributed by atoms with Gasteiger partial charge >= 0.3 is 0 Å². The largest absolute Gasteiger partial charge is 0.480 e. The average molecular weight is 492 g/mol. The Morgan fingerprint density at radius 1 is 1.03 bits per heavy atom. The highest BCUT2D eigenvalue weighted by molar-refractivity contribution is 9.10. The number of carbonyl (C=O) groups is 1. The number of hydrogen-bond donors (Lipinski definition) is 1. The van der Waals surface area contributed by atoms with E-state index in [9.17, 15) is 4.79 Å². The number of ether oxygens (including phenoxy) is 1. The second-order valence-corrected chi connectivity index (χ2v) is 8.88. The summed E-state index contributed by atoms with van der Waals surface area (Å²) in [5.41, 5.74) is 3.35. The monoisotopic (exact) mass is 490 g/mol. The summed E-state index contributed by atoms with van der Waals surface area (Å²) in [4.78, 5) is 12.0. The van der Waals surface area contributed by atoms with E-state index in [1.165, 1.54) is 70.6 Å². The van der Waals surface area contributed by atoms with Crippen molar-refractivity contribution in [2.75, 3.05) is 6.61 Å². The quantitative estimate of drug-likeness (QED) is 0.101. The minimum absolute atomic E-state index is 0.0552. The molecular formula is C26H39BrN2O2. The Morgan fingerprint density at radius 2 is 1.61 bits per heavy atom. The van der Waals surface area contributed by atoms with Gasteiger partial charge in [0.2, 0.25) is 5.91 Å². The number of rotatable bonds is 18. The summed E-state index contributed by atoms with van der Waals surface area (Å²) in [5, 5.41) is 4.05. The van der Waals surface area contributed by atoms with Crippen molar-refractivity contribution in [3.8, 4) is 18.1 Å². The van der Waals surface area contributed by atoms with Gasteiger partial charge in [-0.3, -0.25) is 4.79 Å². The van der Waals surface area contributed by atoms with Gasteiger partial charge in [0, 0.05) is 16.5 Å². The van der Waals surface area contributed by atoms with Crippen LogP contribution in [-0.4, -0.2) is 18.7 Å². The lowest BCUT2D eigenvalue weighted by Gasteiger charge is -2.06. The van der Waals surface area contributed by atoms with E-state index < -0.39 is 0 Å². The molecule has 1 N–H and O–H groups in total. The van der Waals surface area contributed by atoms with Crippen molar-refractivity contribution >= 4 is 28.1 Å². The summed E-state index contributed by atoms with van der Waals surface area (Å²) in [6.45, 7) is 2.45. The Labute approximate surface area is 197 Å². The second kappa shape index (κ2) is 18.9. The number of halogens is 1. The summed E-state index contributed by atoms with van der Waals surface area (Å²) in [5.74, 6) is 3.02. The van der Waals surface area contributed by atoms with Crippen LogP contribution in [0, 0.1) is 12.3 Å². The van der Waals surface area contributed by atoms with Crippen molar-refractivity contribution in [2.45, 2.75) is 96.8 Å². The van der Waals surface area contributed by atoms with E-state index in [1.54, 1.807) is 6.21 Å². The molecule has 172 valence electrons. The molecule has 0 aliphatic carbocycles. The topological polar surface area (TPSA) is 50.7 Å². The fraction of sp³-hybridized carbons (Fsp3) is 0.615. The first-order valence-corrected chi connectivity index (χ1v) is 12.6. The van der Waals surface area contributed by atoms with Gasteiger partial charge in [-0.25, -0.2) is 5.43 Å². The highest BCUT2D eigenvalue weighted by Crippen LogP contribution is 2.21. The van der Waals surface area contributed by atoms with Crippen LogP contribution in [0.4, 0.5) is 0 Å². The fourth-order valence-electron chi connectivity index (χ4n) is 3.40. The van der Waals surface area contributed by atoms with E-state index in [0.717, 1.165) is 22.9 Å². The zero-order valence-electron chi connectivity index (χ0n) is 19.1. The van der Waals surface area contributed by atoms with Crippen LogP contribution in [0.5, 0.6) is 5.75 Å². The number of hydrogen-bond acceptors (Lipinski definition) is 3. The lowest BCUT2D eigenvalue weighted by molar-refractivity contribution is -0.121. The number of nitrogens with one attached hydrogen (secondary N) is 1. The van der Waals surface area contributed by atoms with Gasteiger partial charge in [-0.05, 0) is 24.6 Å². The van der Waals surface area contributed by atoms with Gasteiger partial charge in [0.25, 0.3) is 0 Å². The van der Waals surface area contributed by atoms with E-state index >= 15 is 0 Å². The highest BCUT2D eigenvalue weighted by atomic mass is 79.9. The first kappa shape index (κ1) is 27.2. The molecule has 0 aliphatic heterocycles. The van der Waals surface area contributed by atoms with E-state index in [0.29, 0.717) is 12.2 Å². The minimum atomic E-state index is -0.0552. The summed E-state index contributed by atoms with van der Waals surface area (Å²) in [6.07, 6.45) is 24.2. The standard InChI is InChI=1S/C26H39BrN2O2/c1-3-5-6-7-8-9-10-11-12-13-14-15-16-17-26(30)29-28-22-23-21-24(27)18-19-25(23)31-20-4-2/h2,18-19,21-22H,3,5-17,20H2,1H3,(H,29,30)/b28-22-. The van der Waals surface area contributed by atoms with Crippen molar-refractivity contribution in [2.24, 2.45) is 5.10 Å². The van der Waals surface area contributed by atoms with E-state index in [-0.39, 0.29) is 12.5 Å². The first-order chi connectivity index (χ1) is 15.2. The van der Waals surface area contributed by atoms with Gasteiger partial charge in [-0.2, -0.15) is 5.10 Å². The number of carbonyl (C=O) groups excluding carboxylic acids is 1. The first-order valence-electron chi connectivity index (χ1n) is 11.8. The van der Waals surface area contributed by atoms with Gasteiger partial charge in [0.15, 0.2) is 0 Å². The van der Waals surface area contributed by atoms with Crippen LogP contribution in [0.1, 0.15) is 102 Å². The molecule has 0 aromatic heterocycles. The molecule has 0 unspecified atom stereocenters. The highest BCUT2D eigenvalue weighted by Gasteiger charge is 2.03. The van der Waals surface area contributed by atoms with E-state index in [4.69, 9.17) is 11.2 Å². The van der Waals surface area contributed by atoms with Crippen molar-refractivity contribution in [1.82, 2.24) is 5.43 Å². The van der Waals surface area contributed by atoms with Crippen LogP contribution in [0.15, 0.2) is 27.8 Å². The predicted molar refractivity (Wildman–Crippen MR) is 135 cm³/mol. The number of hydrazone groups is 1. The fourth-order valence-corrected chi connectivity index (χ4v) is 3.78.